The molecule has 0 aliphatic carbocycles. The number of hydrogen-bond donors (Lipinski definition) is 1. The summed E-state index contributed by atoms with van der Waals surface area (Å²) in [6, 6.07) is 0. The van der Waals surface area contributed by atoms with Crippen LogP contribution in [0.2, 0.25) is 0 Å². The maximum atomic E-state index is 10.1. The summed E-state index contributed by atoms with van der Waals surface area (Å²) in [4.78, 5) is 0. The molecule has 3 heteroatoms. The average molecular weight is 252 g/mol. The lowest BCUT2D eigenvalue weighted by molar-refractivity contribution is 0.160. The number of aromatic nitrogens is 2. The van der Waals surface area contributed by atoms with E-state index < -0.39 is 0 Å². The molecule has 104 valence electrons. The lowest BCUT2D eigenvalue weighted by Crippen LogP contribution is -2.11. The normalized spacial score (nSPS) is 12.9. The molecule has 0 aliphatic rings. The summed E-state index contributed by atoms with van der Waals surface area (Å²) in [6.07, 6.45) is 7.72. The highest BCUT2D eigenvalue weighted by atomic mass is 16.3. The summed E-state index contributed by atoms with van der Waals surface area (Å²) < 4.78 is 1.90. The lowest BCUT2D eigenvalue weighted by atomic mass is 10.0. The minimum Gasteiger partial charge on any atom is -0.393 e. The van der Waals surface area contributed by atoms with Gasteiger partial charge in [0.25, 0.3) is 0 Å². The van der Waals surface area contributed by atoms with Crippen molar-refractivity contribution in [2.75, 3.05) is 0 Å². The second-order valence-electron chi connectivity index (χ2n) is 5.33. The zero-order valence-corrected chi connectivity index (χ0v) is 12.4. The van der Waals surface area contributed by atoms with Crippen LogP contribution in [-0.2, 0) is 13.5 Å². The summed E-state index contributed by atoms with van der Waals surface area (Å²) in [5.41, 5.74) is 3.45. The standard InChI is InChI=1S/C15H28N2O/c1-5-6-7-8-9-10-14(18)11-15-12(2)16-17(4)13(15)3/h14,18H,5-11H2,1-4H3. The van der Waals surface area contributed by atoms with Crippen LogP contribution in [0.5, 0.6) is 0 Å². The van der Waals surface area contributed by atoms with Crippen LogP contribution in [0.25, 0.3) is 0 Å². The Morgan fingerprint density at radius 2 is 1.83 bits per heavy atom. The van der Waals surface area contributed by atoms with Crippen LogP contribution < -0.4 is 0 Å². The molecule has 1 unspecified atom stereocenters. The number of nitrogens with zero attached hydrogens (tertiary/aromatic N) is 2. The van der Waals surface area contributed by atoms with Crippen LogP contribution in [0.3, 0.4) is 0 Å². The van der Waals surface area contributed by atoms with Gasteiger partial charge in [0.1, 0.15) is 0 Å². The molecule has 0 radical (unpaired) electrons. The van der Waals surface area contributed by atoms with E-state index in [1.807, 2.05) is 18.7 Å². The van der Waals surface area contributed by atoms with E-state index in [-0.39, 0.29) is 6.10 Å². The molecule has 0 aliphatic heterocycles. The molecule has 1 heterocycles. The number of hydrogen-bond acceptors (Lipinski definition) is 2. The number of aryl methyl sites for hydroxylation is 2. The largest absolute Gasteiger partial charge is 0.393 e. The average Bonchev–Trinajstić information content (AvgIpc) is 2.56. The molecule has 0 amide bonds. The molecule has 0 fully saturated rings. The van der Waals surface area contributed by atoms with Gasteiger partial charge in [-0.2, -0.15) is 5.10 Å². The van der Waals surface area contributed by atoms with Gasteiger partial charge >= 0.3 is 0 Å². The second-order valence-corrected chi connectivity index (χ2v) is 5.33. The molecule has 1 atom stereocenters. The summed E-state index contributed by atoms with van der Waals surface area (Å²) in [7, 11) is 1.96. The van der Waals surface area contributed by atoms with E-state index in [4.69, 9.17) is 0 Å². The van der Waals surface area contributed by atoms with Crippen molar-refractivity contribution in [3.63, 3.8) is 0 Å². The van der Waals surface area contributed by atoms with Crippen molar-refractivity contribution in [3.05, 3.63) is 17.0 Å². The summed E-state index contributed by atoms with van der Waals surface area (Å²) in [5, 5.41) is 14.5. The second kappa shape index (κ2) is 7.57. The van der Waals surface area contributed by atoms with Gasteiger partial charge < -0.3 is 5.11 Å². The maximum absolute atomic E-state index is 10.1. The molecule has 1 N–H and O–H groups in total. The predicted octanol–water partition coefficient (Wildman–Crippen LogP) is 3.30. The van der Waals surface area contributed by atoms with Crippen LogP contribution in [0, 0.1) is 13.8 Å². The summed E-state index contributed by atoms with van der Waals surface area (Å²) in [5.74, 6) is 0. The fourth-order valence-electron chi connectivity index (χ4n) is 2.43. The van der Waals surface area contributed by atoms with E-state index in [9.17, 15) is 5.11 Å². The monoisotopic (exact) mass is 252 g/mol. The first-order valence-corrected chi connectivity index (χ1v) is 7.23. The van der Waals surface area contributed by atoms with Crippen molar-refractivity contribution in [1.29, 1.82) is 0 Å². The molecular weight excluding hydrogens is 224 g/mol. The molecule has 1 aromatic heterocycles. The zero-order chi connectivity index (χ0) is 13.5. The van der Waals surface area contributed by atoms with E-state index in [0.717, 1.165) is 25.0 Å². The topological polar surface area (TPSA) is 38.1 Å². The predicted molar refractivity (Wildman–Crippen MR) is 75.8 cm³/mol. The molecular formula is C15H28N2O. The molecule has 3 nitrogen and oxygen atoms in total. The van der Waals surface area contributed by atoms with Crippen molar-refractivity contribution < 1.29 is 5.11 Å². The van der Waals surface area contributed by atoms with E-state index >= 15 is 0 Å². The van der Waals surface area contributed by atoms with Crippen molar-refractivity contribution in [2.45, 2.75) is 71.8 Å². The highest BCUT2D eigenvalue weighted by Gasteiger charge is 2.13. The Hall–Kier alpha value is -0.830. The van der Waals surface area contributed by atoms with Gasteiger partial charge in [-0.3, -0.25) is 4.68 Å². The lowest BCUT2D eigenvalue weighted by Gasteiger charge is -2.10. The fraction of sp³-hybridized carbons (Fsp3) is 0.800. The van der Waals surface area contributed by atoms with Gasteiger partial charge in [-0.25, -0.2) is 0 Å². The summed E-state index contributed by atoms with van der Waals surface area (Å²) in [6.45, 7) is 6.32. The van der Waals surface area contributed by atoms with Crippen LogP contribution >= 0.6 is 0 Å². The number of aliphatic hydroxyl groups excluding tert-OH is 1. The van der Waals surface area contributed by atoms with Crippen molar-refractivity contribution in [2.24, 2.45) is 7.05 Å². The van der Waals surface area contributed by atoms with Crippen LogP contribution in [0.15, 0.2) is 0 Å². The first-order chi connectivity index (χ1) is 8.56. The van der Waals surface area contributed by atoms with Gasteiger partial charge in [-0.05, 0) is 25.8 Å². The first kappa shape index (κ1) is 15.2. The van der Waals surface area contributed by atoms with E-state index in [1.54, 1.807) is 0 Å². The van der Waals surface area contributed by atoms with E-state index in [0.29, 0.717) is 0 Å². The fourth-order valence-corrected chi connectivity index (χ4v) is 2.43. The Morgan fingerprint density at radius 1 is 1.17 bits per heavy atom. The van der Waals surface area contributed by atoms with Crippen LogP contribution in [-0.4, -0.2) is 21.0 Å². The minimum atomic E-state index is -0.215. The first-order valence-electron chi connectivity index (χ1n) is 7.23. The van der Waals surface area contributed by atoms with E-state index in [1.165, 1.54) is 36.9 Å². The molecule has 0 saturated carbocycles. The van der Waals surface area contributed by atoms with Crippen LogP contribution in [0.4, 0.5) is 0 Å². The van der Waals surface area contributed by atoms with Gasteiger partial charge in [0, 0.05) is 19.2 Å². The van der Waals surface area contributed by atoms with Gasteiger partial charge in [-0.15, -0.1) is 0 Å². The summed E-state index contributed by atoms with van der Waals surface area (Å²) >= 11 is 0. The molecule has 1 aromatic rings. The number of rotatable bonds is 8. The Balaban J connectivity index is 2.33. The van der Waals surface area contributed by atoms with Gasteiger partial charge in [0.15, 0.2) is 0 Å². The smallest absolute Gasteiger partial charge is 0.0629 e. The molecule has 18 heavy (non-hydrogen) atoms. The third kappa shape index (κ3) is 4.45. The Kier molecular flexibility index (Phi) is 6.41. The third-order valence-corrected chi connectivity index (χ3v) is 3.74. The zero-order valence-electron chi connectivity index (χ0n) is 12.4. The van der Waals surface area contributed by atoms with Crippen molar-refractivity contribution in [3.8, 4) is 0 Å². The highest BCUT2D eigenvalue weighted by Crippen LogP contribution is 2.17. The molecule has 0 aromatic carbocycles. The Morgan fingerprint density at radius 3 is 2.39 bits per heavy atom. The molecule has 1 rings (SSSR count). The van der Waals surface area contributed by atoms with Crippen molar-refractivity contribution in [1.82, 2.24) is 9.78 Å². The van der Waals surface area contributed by atoms with Gasteiger partial charge in [-0.1, -0.05) is 39.0 Å². The Bertz CT molecular complexity index is 358. The quantitative estimate of drug-likeness (QED) is 0.721. The van der Waals surface area contributed by atoms with Crippen molar-refractivity contribution >= 4 is 0 Å². The Labute approximate surface area is 111 Å². The molecule has 0 spiro atoms. The maximum Gasteiger partial charge on any atom is 0.0629 e. The minimum absolute atomic E-state index is 0.215. The van der Waals surface area contributed by atoms with Gasteiger partial charge in [0.2, 0.25) is 0 Å². The highest BCUT2D eigenvalue weighted by molar-refractivity contribution is 5.24. The molecule has 0 saturated heterocycles. The molecule has 0 bridgehead atoms. The third-order valence-electron chi connectivity index (χ3n) is 3.74. The van der Waals surface area contributed by atoms with Crippen LogP contribution in [0.1, 0.15) is 62.4 Å². The van der Waals surface area contributed by atoms with Gasteiger partial charge in [0.05, 0.1) is 11.8 Å². The SMILES string of the molecule is CCCCCCCC(O)Cc1c(C)nn(C)c1C. The number of unbranched alkanes of at least 4 members (excludes halogenated alkanes) is 4. The number of aliphatic hydroxyl groups is 1. The van der Waals surface area contributed by atoms with E-state index in [2.05, 4.69) is 18.9 Å².